The Hall–Kier alpha value is -1.55. The summed E-state index contributed by atoms with van der Waals surface area (Å²) in [5.74, 6) is 0.664. The average Bonchev–Trinajstić information content (AvgIpc) is 2.51. The van der Waals surface area contributed by atoms with Crippen LogP contribution in [0.4, 0.5) is 0 Å². The van der Waals surface area contributed by atoms with Crippen molar-refractivity contribution in [2.45, 2.75) is 19.1 Å². The van der Waals surface area contributed by atoms with E-state index in [9.17, 15) is 5.11 Å². The lowest BCUT2D eigenvalue weighted by Crippen LogP contribution is -2.33. The fourth-order valence-corrected chi connectivity index (χ4v) is 2.16. The van der Waals surface area contributed by atoms with Gasteiger partial charge in [0, 0.05) is 17.6 Å². The van der Waals surface area contributed by atoms with Crippen molar-refractivity contribution in [1.82, 2.24) is 5.32 Å². The van der Waals surface area contributed by atoms with E-state index in [0.29, 0.717) is 17.3 Å². The van der Waals surface area contributed by atoms with Gasteiger partial charge in [-0.1, -0.05) is 48.0 Å². The minimum Gasteiger partial charge on any atom is -0.491 e. The molecule has 21 heavy (non-hydrogen) atoms. The average molecular weight is 306 g/mol. The van der Waals surface area contributed by atoms with Crippen LogP contribution in [0.25, 0.3) is 0 Å². The molecule has 0 aliphatic carbocycles. The molecule has 2 aromatic carbocycles. The Morgan fingerprint density at radius 1 is 1.14 bits per heavy atom. The van der Waals surface area contributed by atoms with Crippen molar-refractivity contribution in [2.75, 3.05) is 13.2 Å². The largest absolute Gasteiger partial charge is 0.491 e. The van der Waals surface area contributed by atoms with E-state index in [1.807, 2.05) is 30.3 Å². The van der Waals surface area contributed by atoms with Crippen molar-refractivity contribution in [3.8, 4) is 5.75 Å². The normalized spacial score (nSPS) is 13.7. The molecule has 2 rings (SSSR count). The molecule has 0 aliphatic rings. The number of rotatable bonds is 7. The molecular weight excluding hydrogens is 286 g/mol. The van der Waals surface area contributed by atoms with Crippen LogP contribution in [0.1, 0.15) is 18.5 Å². The Bertz CT molecular complexity index is 547. The van der Waals surface area contributed by atoms with Crippen molar-refractivity contribution in [1.29, 1.82) is 0 Å². The summed E-state index contributed by atoms with van der Waals surface area (Å²) in [6, 6.07) is 17.5. The van der Waals surface area contributed by atoms with Gasteiger partial charge in [-0.05, 0) is 30.7 Å². The quantitative estimate of drug-likeness (QED) is 0.823. The Morgan fingerprint density at radius 2 is 1.90 bits per heavy atom. The predicted molar refractivity (Wildman–Crippen MR) is 85.8 cm³/mol. The molecule has 0 amide bonds. The van der Waals surface area contributed by atoms with Gasteiger partial charge in [-0.25, -0.2) is 0 Å². The van der Waals surface area contributed by atoms with Gasteiger partial charge in [0.15, 0.2) is 0 Å². The van der Waals surface area contributed by atoms with E-state index in [1.54, 1.807) is 12.1 Å². The van der Waals surface area contributed by atoms with Gasteiger partial charge in [0.1, 0.15) is 18.5 Å². The van der Waals surface area contributed by atoms with E-state index < -0.39 is 6.10 Å². The second-order valence-electron chi connectivity index (χ2n) is 4.96. The molecule has 2 atom stereocenters. The van der Waals surface area contributed by atoms with Crippen LogP contribution in [0.5, 0.6) is 5.75 Å². The van der Waals surface area contributed by atoms with Crippen LogP contribution >= 0.6 is 11.6 Å². The summed E-state index contributed by atoms with van der Waals surface area (Å²) in [6.45, 7) is 2.77. The van der Waals surface area contributed by atoms with E-state index >= 15 is 0 Å². The first kappa shape index (κ1) is 15.8. The zero-order chi connectivity index (χ0) is 15.1. The summed E-state index contributed by atoms with van der Waals surface area (Å²) in [6.07, 6.45) is -0.574. The maximum atomic E-state index is 9.96. The topological polar surface area (TPSA) is 41.5 Å². The van der Waals surface area contributed by atoms with Crippen LogP contribution < -0.4 is 10.1 Å². The maximum absolute atomic E-state index is 9.96. The van der Waals surface area contributed by atoms with E-state index in [-0.39, 0.29) is 12.6 Å². The SMILES string of the molecule is C[C@H](NCC(O)COc1cccc(Cl)c1)c1ccccc1. The van der Waals surface area contributed by atoms with Crippen LogP contribution in [-0.2, 0) is 0 Å². The molecule has 0 aliphatic heterocycles. The standard InChI is InChI=1S/C17H20ClNO2/c1-13(14-6-3-2-4-7-14)19-11-16(20)12-21-17-9-5-8-15(18)10-17/h2-10,13,16,19-20H,11-12H2,1H3/t13-,16?/m0/s1. The zero-order valence-electron chi connectivity index (χ0n) is 12.0. The van der Waals surface area contributed by atoms with Crippen LogP contribution in [0.15, 0.2) is 54.6 Å². The first-order chi connectivity index (χ1) is 10.1. The Balaban J connectivity index is 1.73. The van der Waals surface area contributed by atoms with Crippen molar-refractivity contribution in [3.05, 3.63) is 65.2 Å². The molecule has 4 heteroatoms. The molecule has 112 valence electrons. The van der Waals surface area contributed by atoms with Crippen molar-refractivity contribution < 1.29 is 9.84 Å². The highest BCUT2D eigenvalue weighted by atomic mass is 35.5. The van der Waals surface area contributed by atoms with E-state index in [1.165, 1.54) is 5.56 Å². The smallest absolute Gasteiger partial charge is 0.120 e. The van der Waals surface area contributed by atoms with Gasteiger partial charge in [-0.15, -0.1) is 0 Å². The van der Waals surface area contributed by atoms with Crippen molar-refractivity contribution in [3.63, 3.8) is 0 Å². The Kier molecular flexibility index (Phi) is 6.05. The number of benzene rings is 2. The molecule has 3 nitrogen and oxygen atoms in total. The summed E-state index contributed by atoms with van der Waals surface area (Å²) >= 11 is 5.88. The highest BCUT2D eigenvalue weighted by Gasteiger charge is 2.09. The van der Waals surface area contributed by atoms with Gasteiger partial charge in [0.05, 0.1) is 0 Å². The fraction of sp³-hybridized carbons (Fsp3) is 0.294. The molecule has 0 fully saturated rings. The molecule has 0 saturated carbocycles. The summed E-state index contributed by atoms with van der Waals surface area (Å²) in [5.41, 5.74) is 1.19. The number of hydrogen-bond donors (Lipinski definition) is 2. The summed E-state index contributed by atoms with van der Waals surface area (Å²) in [5, 5.41) is 13.9. The van der Waals surface area contributed by atoms with Gasteiger partial charge in [0.2, 0.25) is 0 Å². The third-order valence-electron chi connectivity index (χ3n) is 3.20. The molecule has 0 heterocycles. The van der Waals surface area contributed by atoms with Crippen LogP contribution in [0.3, 0.4) is 0 Å². The number of aliphatic hydroxyl groups excluding tert-OH is 1. The van der Waals surface area contributed by atoms with E-state index in [2.05, 4.69) is 24.4 Å². The summed E-state index contributed by atoms with van der Waals surface area (Å²) in [7, 11) is 0. The first-order valence-electron chi connectivity index (χ1n) is 7.00. The molecule has 1 unspecified atom stereocenters. The molecule has 0 bridgehead atoms. The van der Waals surface area contributed by atoms with E-state index in [4.69, 9.17) is 16.3 Å². The minimum atomic E-state index is -0.574. The molecule has 0 aromatic heterocycles. The lowest BCUT2D eigenvalue weighted by Gasteiger charge is -2.18. The van der Waals surface area contributed by atoms with E-state index in [0.717, 1.165) is 0 Å². The van der Waals surface area contributed by atoms with Crippen molar-refractivity contribution >= 4 is 11.6 Å². The van der Waals surface area contributed by atoms with Gasteiger partial charge in [-0.3, -0.25) is 0 Å². The number of nitrogens with one attached hydrogen (secondary N) is 1. The minimum absolute atomic E-state index is 0.187. The second kappa shape index (κ2) is 8.03. The van der Waals surface area contributed by atoms with Crippen LogP contribution in [0, 0.1) is 0 Å². The second-order valence-corrected chi connectivity index (χ2v) is 5.40. The van der Waals surface area contributed by atoms with Crippen LogP contribution in [0.2, 0.25) is 5.02 Å². The number of aliphatic hydroxyl groups is 1. The highest BCUT2D eigenvalue weighted by Crippen LogP contribution is 2.17. The molecule has 0 spiro atoms. The fourth-order valence-electron chi connectivity index (χ4n) is 1.98. The number of ether oxygens (including phenoxy) is 1. The van der Waals surface area contributed by atoms with Gasteiger partial charge < -0.3 is 15.2 Å². The lowest BCUT2D eigenvalue weighted by molar-refractivity contribution is 0.104. The maximum Gasteiger partial charge on any atom is 0.120 e. The van der Waals surface area contributed by atoms with Crippen molar-refractivity contribution in [2.24, 2.45) is 0 Å². The summed E-state index contributed by atoms with van der Waals surface area (Å²) < 4.78 is 5.51. The third kappa shape index (κ3) is 5.38. The zero-order valence-corrected chi connectivity index (χ0v) is 12.8. The molecule has 0 saturated heterocycles. The monoisotopic (exact) mass is 305 g/mol. The summed E-state index contributed by atoms with van der Waals surface area (Å²) in [4.78, 5) is 0. The van der Waals surface area contributed by atoms with Crippen LogP contribution in [-0.4, -0.2) is 24.4 Å². The lowest BCUT2D eigenvalue weighted by atomic mass is 10.1. The molecule has 2 N–H and O–H groups in total. The highest BCUT2D eigenvalue weighted by molar-refractivity contribution is 6.30. The molecule has 0 radical (unpaired) electrons. The Labute approximate surface area is 130 Å². The molecule has 2 aromatic rings. The number of hydrogen-bond acceptors (Lipinski definition) is 3. The third-order valence-corrected chi connectivity index (χ3v) is 3.43. The predicted octanol–water partition coefficient (Wildman–Crippen LogP) is 3.43. The number of halogens is 1. The van der Waals surface area contributed by atoms with Gasteiger partial charge >= 0.3 is 0 Å². The Morgan fingerprint density at radius 3 is 2.62 bits per heavy atom. The molecular formula is C17H20ClNO2. The van der Waals surface area contributed by atoms with Gasteiger partial charge in [-0.2, -0.15) is 0 Å². The van der Waals surface area contributed by atoms with Gasteiger partial charge in [0.25, 0.3) is 0 Å². The first-order valence-corrected chi connectivity index (χ1v) is 7.37.